The third-order valence-corrected chi connectivity index (χ3v) is 4.35. The number of carbonyl (C=O) groups is 1. The minimum absolute atomic E-state index is 0.0899. The lowest BCUT2D eigenvalue weighted by molar-refractivity contribution is 0.102. The molecule has 1 aromatic heterocycles. The van der Waals surface area contributed by atoms with E-state index in [-0.39, 0.29) is 11.6 Å². The van der Waals surface area contributed by atoms with Crippen LogP contribution in [0, 0.1) is 19.7 Å². The molecule has 20 heavy (non-hydrogen) atoms. The lowest BCUT2D eigenvalue weighted by atomic mass is 10.2. The average molecular weight is 291 g/mol. The summed E-state index contributed by atoms with van der Waals surface area (Å²) in [5, 5.41) is 0. The Morgan fingerprint density at radius 2 is 2.05 bits per heavy atom. The third kappa shape index (κ3) is 3.12. The van der Waals surface area contributed by atoms with Gasteiger partial charge in [0.05, 0.1) is 5.75 Å². The van der Waals surface area contributed by atoms with Crippen molar-refractivity contribution in [1.29, 1.82) is 0 Å². The van der Waals surface area contributed by atoms with Crippen molar-refractivity contribution in [2.45, 2.75) is 32.2 Å². The van der Waals surface area contributed by atoms with Crippen LogP contribution in [0.15, 0.2) is 35.2 Å². The van der Waals surface area contributed by atoms with Crippen LogP contribution in [0.3, 0.4) is 0 Å². The molecule has 0 spiro atoms. The van der Waals surface area contributed by atoms with Gasteiger partial charge in [-0.3, -0.25) is 4.79 Å². The fourth-order valence-corrected chi connectivity index (χ4v) is 3.18. The zero-order chi connectivity index (χ0) is 14.7. The van der Waals surface area contributed by atoms with Gasteiger partial charge in [0.2, 0.25) is 0 Å². The molecule has 4 heteroatoms. The zero-order valence-corrected chi connectivity index (χ0v) is 12.8. The summed E-state index contributed by atoms with van der Waals surface area (Å²) in [7, 11) is 0. The Hall–Kier alpha value is -1.55. The molecular weight excluding hydrogens is 273 g/mol. The van der Waals surface area contributed by atoms with Gasteiger partial charge in [-0.15, -0.1) is 11.8 Å². The topological polar surface area (TPSA) is 22.0 Å². The quantitative estimate of drug-likeness (QED) is 0.607. The monoisotopic (exact) mass is 291 g/mol. The first-order valence-electron chi connectivity index (χ1n) is 6.61. The largest absolute Gasteiger partial charge is 0.349 e. The SMILES string of the molecule is CCn1c(C)cc(C(=O)CSc2cccc(F)c2)c1C. The van der Waals surface area contributed by atoms with Gasteiger partial charge in [0.15, 0.2) is 5.78 Å². The first-order valence-corrected chi connectivity index (χ1v) is 7.59. The number of ketones is 1. The molecule has 0 amide bonds. The lowest BCUT2D eigenvalue weighted by Crippen LogP contribution is -2.05. The number of carbonyl (C=O) groups excluding carboxylic acids is 1. The second-order valence-corrected chi connectivity index (χ2v) is 5.75. The maximum atomic E-state index is 13.1. The maximum Gasteiger partial charge on any atom is 0.174 e. The van der Waals surface area contributed by atoms with Crippen LogP contribution in [0.25, 0.3) is 0 Å². The number of benzene rings is 1. The summed E-state index contributed by atoms with van der Waals surface area (Å²) in [4.78, 5) is 13.1. The zero-order valence-electron chi connectivity index (χ0n) is 11.9. The van der Waals surface area contributed by atoms with E-state index in [4.69, 9.17) is 0 Å². The van der Waals surface area contributed by atoms with E-state index in [0.29, 0.717) is 5.75 Å². The second-order valence-electron chi connectivity index (χ2n) is 4.70. The highest BCUT2D eigenvalue weighted by Crippen LogP contribution is 2.22. The Morgan fingerprint density at radius 3 is 2.65 bits per heavy atom. The van der Waals surface area contributed by atoms with E-state index in [1.165, 1.54) is 23.9 Å². The predicted molar refractivity (Wildman–Crippen MR) is 81.0 cm³/mol. The van der Waals surface area contributed by atoms with Gasteiger partial charge in [0.25, 0.3) is 0 Å². The normalized spacial score (nSPS) is 10.8. The number of nitrogens with zero attached hydrogens (tertiary/aromatic N) is 1. The van der Waals surface area contributed by atoms with Crippen LogP contribution in [0.4, 0.5) is 4.39 Å². The first-order chi connectivity index (χ1) is 9.52. The summed E-state index contributed by atoms with van der Waals surface area (Å²) in [6.07, 6.45) is 0. The molecule has 0 atom stereocenters. The van der Waals surface area contributed by atoms with Crippen LogP contribution < -0.4 is 0 Å². The summed E-state index contributed by atoms with van der Waals surface area (Å²) in [5.41, 5.74) is 2.88. The van der Waals surface area contributed by atoms with Gasteiger partial charge in [0, 0.05) is 28.4 Å². The molecule has 0 bridgehead atoms. The van der Waals surface area contributed by atoms with Crippen molar-refractivity contribution >= 4 is 17.5 Å². The van der Waals surface area contributed by atoms with E-state index in [2.05, 4.69) is 11.5 Å². The van der Waals surface area contributed by atoms with E-state index in [0.717, 1.165) is 28.4 Å². The van der Waals surface area contributed by atoms with E-state index in [9.17, 15) is 9.18 Å². The predicted octanol–water partition coefficient (Wildman–Crippen LogP) is 4.24. The van der Waals surface area contributed by atoms with Crippen LogP contribution >= 0.6 is 11.8 Å². The number of thioether (sulfide) groups is 1. The van der Waals surface area contributed by atoms with Crippen LogP contribution in [0.2, 0.25) is 0 Å². The molecule has 2 nitrogen and oxygen atoms in total. The summed E-state index contributed by atoms with van der Waals surface area (Å²) >= 11 is 1.37. The number of rotatable bonds is 5. The number of halogens is 1. The van der Waals surface area contributed by atoms with Crippen LogP contribution in [-0.2, 0) is 6.54 Å². The summed E-state index contributed by atoms with van der Waals surface area (Å²) in [6.45, 7) is 6.90. The van der Waals surface area contributed by atoms with Crippen molar-refractivity contribution in [2.24, 2.45) is 0 Å². The number of hydrogen-bond donors (Lipinski definition) is 0. The van der Waals surface area contributed by atoms with Gasteiger partial charge in [0.1, 0.15) is 5.82 Å². The molecule has 0 aliphatic carbocycles. The molecular formula is C16H18FNOS. The molecule has 0 N–H and O–H groups in total. The summed E-state index contributed by atoms with van der Waals surface area (Å²) < 4.78 is 15.2. The van der Waals surface area contributed by atoms with Gasteiger partial charge in [-0.25, -0.2) is 4.39 Å². The van der Waals surface area contributed by atoms with E-state index in [1.54, 1.807) is 6.07 Å². The molecule has 0 fully saturated rings. The minimum Gasteiger partial charge on any atom is -0.349 e. The highest BCUT2D eigenvalue weighted by atomic mass is 32.2. The van der Waals surface area contributed by atoms with E-state index in [1.807, 2.05) is 26.0 Å². The maximum absolute atomic E-state index is 13.1. The Bertz CT molecular complexity index is 633. The van der Waals surface area contributed by atoms with Crippen molar-refractivity contribution in [3.63, 3.8) is 0 Å². The third-order valence-electron chi connectivity index (χ3n) is 3.36. The molecule has 1 heterocycles. The lowest BCUT2D eigenvalue weighted by Gasteiger charge is -2.05. The standard InChI is InChI=1S/C16H18FNOS/c1-4-18-11(2)8-15(12(18)3)16(19)10-20-14-7-5-6-13(17)9-14/h5-9H,4,10H2,1-3H3. The molecule has 0 saturated carbocycles. The minimum atomic E-state index is -0.272. The smallest absolute Gasteiger partial charge is 0.174 e. The van der Waals surface area contributed by atoms with Crippen molar-refractivity contribution in [1.82, 2.24) is 4.57 Å². The molecule has 0 saturated heterocycles. The van der Waals surface area contributed by atoms with Crippen LogP contribution in [-0.4, -0.2) is 16.1 Å². The van der Waals surface area contributed by atoms with Gasteiger partial charge in [-0.05, 0) is 45.0 Å². The van der Waals surface area contributed by atoms with Crippen molar-refractivity contribution in [3.8, 4) is 0 Å². The van der Waals surface area contributed by atoms with Crippen molar-refractivity contribution in [3.05, 3.63) is 53.1 Å². The molecule has 1 aromatic carbocycles. The Balaban J connectivity index is 2.09. The van der Waals surface area contributed by atoms with Gasteiger partial charge < -0.3 is 4.57 Å². The number of aryl methyl sites for hydroxylation is 1. The molecule has 0 aliphatic rings. The Kier molecular flexibility index (Phi) is 4.65. The average Bonchev–Trinajstić information content (AvgIpc) is 2.71. The molecule has 0 unspecified atom stereocenters. The highest BCUT2D eigenvalue weighted by molar-refractivity contribution is 8.00. The van der Waals surface area contributed by atoms with Crippen molar-refractivity contribution < 1.29 is 9.18 Å². The second kappa shape index (κ2) is 6.27. The van der Waals surface area contributed by atoms with Gasteiger partial charge in [-0.2, -0.15) is 0 Å². The van der Waals surface area contributed by atoms with E-state index >= 15 is 0 Å². The highest BCUT2D eigenvalue weighted by Gasteiger charge is 2.15. The van der Waals surface area contributed by atoms with Crippen LogP contribution in [0.5, 0.6) is 0 Å². The van der Waals surface area contributed by atoms with Crippen LogP contribution in [0.1, 0.15) is 28.7 Å². The summed E-state index contributed by atoms with van der Waals surface area (Å²) in [5.74, 6) is 0.149. The van der Waals surface area contributed by atoms with Gasteiger partial charge >= 0.3 is 0 Å². The number of Topliss-reactive ketones (excluding diaryl/α,β-unsaturated/α-hetero) is 1. The Labute approximate surface area is 123 Å². The molecule has 2 rings (SSSR count). The fraction of sp³-hybridized carbons (Fsp3) is 0.312. The van der Waals surface area contributed by atoms with Crippen molar-refractivity contribution in [2.75, 3.05) is 5.75 Å². The summed E-state index contributed by atoms with van der Waals surface area (Å²) in [6, 6.07) is 8.27. The molecule has 0 aliphatic heterocycles. The van der Waals surface area contributed by atoms with E-state index < -0.39 is 0 Å². The molecule has 106 valence electrons. The van der Waals surface area contributed by atoms with Gasteiger partial charge in [-0.1, -0.05) is 6.07 Å². The number of aromatic nitrogens is 1. The number of hydrogen-bond acceptors (Lipinski definition) is 2. The molecule has 0 radical (unpaired) electrons. The fourth-order valence-electron chi connectivity index (χ4n) is 2.35. The Morgan fingerprint density at radius 1 is 1.30 bits per heavy atom. The molecule has 2 aromatic rings. The first kappa shape index (κ1) is 14.9.